The number of pyridine rings is 1. The first-order valence-corrected chi connectivity index (χ1v) is 7.88. The van der Waals surface area contributed by atoms with E-state index in [2.05, 4.69) is 15.6 Å². The minimum Gasteiger partial charge on any atom is -0.391 e. The highest BCUT2D eigenvalue weighted by Gasteiger charge is 2.24. The lowest BCUT2D eigenvalue weighted by atomic mass is 10.1. The molecule has 3 N–H and O–H groups in total. The van der Waals surface area contributed by atoms with Crippen LogP contribution in [-0.2, 0) is 0 Å². The Morgan fingerprint density at radius 3 is 2.95 bits per heavy atom. The van der Waals surface area contributed by atoms with Crippen LogP contribution in [0.1, 0.15) is 49.4 Å². The van der Waals surface area contributed by atoms with E-state index in [4.69, 9.17) is 11.6 Å². The Labute approximate surface area is 130 Å². The topological polar surface area (TPSA) is 74.2 Å². The molecule has 116 valence electrons. The van der Waals surface area contributed by atoms with Crippen molar-refractivity contribution < 1.29 is 9.90 Å². The van der Waals surface area contributed by atoms with E-state index in [0.29, 0.717) is 16.4 Å². The summed E-state index contributed by atoms with van der Waals surface area (Å²) in [6, 6.07) is 1.44. The third kappa shape index (κ3) is 4.32. The molecule has 0 saturated heterocycles. The van der Waals surface area contributed by atoms with Crippen LogP contribution in [0.3, 0.4) is 0 Å². The van der Waals surface area contributed by atoms with Crippen LogP contribution >= 0.6 is 11.6 Å². The van der Waals surface area contributed by atoms with E-state index in [9.17, 15) is 9.90 Å². The summed E-state index contributed by atoms with van der Waals surface area (Å²) in [5.74, 6) is 0.362. The van der Waals surface area contributed by atoms with Crippen molar-refractivity contribution in [2.75, 3.05) is 11.9 Å². The van der Waals surface area contributed by atoms with E-state index in [1.807, 2.05) is 6.92 Å². The molecule has 1 aliphatic carbocycles. The molecule has 0 aliphatic heterocycles. The number of nitrogens with zero attached hydrogens (tertiary/aromatic N) is 1. The fraction of sp³-hybridized carbons (Fsp3) is 0.600. The van der Waals surface area contributed by atoms with Crippen LogP contribution in [0.2, 0.25) is 5.02 Å². The van der Waals surface area contributed by atoms with Gasteiger partial charge in [0.2, 0.25) is 0 Å². The Kier molecular flexibility index (Phi) is 5.82. The lowest BCUT2D eigenvalue weighted by Gasteiger charge is -2.22. The molecular weight excluding hydrogens is 290 g/mol. The molecule has 1 aromatic rings. The Hall–Kier alpha value is -1.33. The summed E-state index contributed by atoms with van der Waals surface area (Å²) >= 11 is 6.06. The van der Waals surface area contributed by atoms with Gasteiger partial charge in [0.05, 0.1) is 22.7 Å². The quantitative estimate of drug-likeness (QED) is 0.747. The van der Waals surface area contributed by atoms with Crippen LogP contribution in [0.4, 0.5) is 5.82 Å². The average molecular weight is 312 g/mol. The lowest BCUT2D eigenvalue weighted by Crippen LogP contribution is -2.42. The highest BCUT2D eigenvalue weighted by molar-refractivity contribution is 6.33. The molecule has 0 radical (unpaired) electrons. The number of hydrogen-bond donors (Lipinski definition) is 3. The van der Waals surface area contributed by atoms with E-state index in [0.717, 1.165) is 38.6 Å². The van der Waals surface area contributed by atoms with Gasteiger partial charge in [-0.15, -0.1) is 0 Å². The van der Waals surface area contributed by atoms with E-state index >= 15 is 0 Å². The van der Waals surface area contributed by atoms with Gasteiger partial charge in [-0.05, 0) is 25.8 Å². The predicted octanol–water partition coefficient (Wildman–Crippen LogP) is 2.59. The number of hydrogen-bond acceptors (Lipinski definition) is 4. The van der Waals surface area contributed by atoms with Gasteiger partial charge in [-0.25, -0.2) is 4.98 Å². The minimum atomic E-state index is -0.481. The first kappa shape index (κ1) is 16.0. The lowest BCUT2D eigenvalue weighted by molar-refractivity contribution is 0.0819. The van der Waals surface area contributed by atoms with Crippen molar-refractivity contribution in [1.29, 1.82) is 0 Å². The number of nitrogens with one attached hydrogen (secondary N) is 2. The summed E-state index contributed by atoms with van der Waals surface area (Å²) < 4.78 is 0. The number of aromatic nitrogens is 1. The van der Waals surface area contributed by atoms with Gasteiger partial charge in [0.25, 0.3) is 5.91 Å². The molecule has 2 unspecified atom stereocenters. The van der Waals surface area contributed by atoms with Crippen LogP contribution in [0.25, 0.3) is 0 Å². The molecule has 1 aliphatic rings. The van der Waals surface area contributed by atoms with Crippen molar-refractivity contribution in [3.05, 3.63) is 22.8 Å². The number of aliphatic hydroxyl groups excluding tert-OH is 1. The van der Waals surface area contributed by atoms with Crippen LogP contribution < -0.4 is 10.6 Å². The SMILES string of the molecule is CCNc1cc(C(=O)NC2CCCCCC2O)c(Cl)cn1. The molecule has 1 aromatic heterocycles. The van der Waals surface area contributed by atoms with E-state index in [1.165, 1.54) is 6.20 Å². The number of amides is 1. The van der Waals surface area contributed by atoms with E-state index in [-0.39, 0.29) is 11.9 Å². The van der Waals surface area contributed by atoms with E-state index < -0.39 is 6.10 Å². The van der Waals surface area contributed by atoms with Crippen LogP contribution in [0, 0.1) is 0 Å². The summed E-state index contributed by atoms with van der Waals surface area (Å²) in [4.78, 5) is 16.5. The largest absolute Gasteiger partial charge is 0.391 e. The number of rotatable bonds is 4. The molecule has 6 heteroatoms. The van der Waals surface area contributed by atoms with Crippen molar-refractivity contribution in [2.45, 2.75) is 51.2 Å². The fourth-order valence-electron chi connectivity index (χ4n) is 2.59. The number of carbonyl (C=O) groups excluding carboxylic acids is 1. The Morgan fingerprint density at radius 1 is 1.43 bits per heavy atom. The smallest absolute Gasteiger partial charge is 0.253 e. The molecular formula is C15H22ClN3O2. The van der Waals surface area contributed by atoms with Gasteiger partial charge in [-0.3, -0.25) is 4.79 Å². The number of carbonyl (C=O) groups is 1. The monoisotopic (exact) mass is 311 g/mol. The molecule has 5 nitrogen and oxygen atoms in total. The van der Waals surface area contributed by atoms with Crippen molar-refractivity contribution >= 4 is 23.3 Å². The standard InChI is InChI=1S/C15H22ClN3O2/c1-2-17-14-8-10(11(16)9-18-14)15(21)19-12-6-4-3-5-7-13(12)20/h8-9,12-13,20H,2-7H2,1H3,(H,17,18)(H,19,21). The van der Waals surface area contributed by atoms with Gasteiger partial charge in [-0.1, -0.05) is 30.9 Å². The van der Waals surface area contributed by atoms with E-state index in [1.54, 1.807) is 6.07 Å². The molecule has 21 heavy (non-hydrogen) atoms. The average Bonchev–Trinajstić information content (AvgIpc) is 2.66. The van der Waals surface area contributed by atoms with Gasteiger partial charge >= 0.3 is 0 Å². The first-order valence-electron chi connectivity index (χ1n) is 7.50. The van der Waals surface area contributed by atoms with Crippen molar-refractivity contribution in [3.63, 3.8) is 0 Å². The van der Waals surface area contributed by atoms with Crippen LogP contribution in [-0.4, -0.2) is 34.7 Å². The maximum absolute atomic E-state index is 12.4. The zero-order valence-corrected chi connectivity index (χ0v) is 13.0. The molecule has 1 fully saturated rings. The van der Waals surface area contributed by atoms with Crippen molar-refractivity contribution in [2.24, 2.45) is 0 Å². The van der Waals surface area contributed by atoms with Gasteiger partial charge in [0.15, 0.2) is 0 Å². The highest BCUT2D eigenvalue weighted by atomic mass is 35.5. The molecule has 1 saturated carbocycles. The Morgan fingerprint density at radius 2 is 2.19 bits per heavy atom. The Bertz CT molecular complexity index is 496. The number of aliphatic hydroxyl groups is 1. The molecule has 0 spiro atoms. The zero-order valence-electron chi connectivity index (χ0n) is 12.2. The molecule has 1 amide bonds. The maximum atomic E-state index is 12.4. The predicted molar refractivity (Wildman–Crippen MR) is 83.8 cm³/mol. The minimum absolute atomic E-state index is 0.202. The molecule has 0 bridgehead atoms. The summed E-state index contributed by atoms with van der Waals surface area (Å²) in [6.45, 7) is 2.68. The summed E-state index contributed by atoms with van der Waals surface area (Å²) in [6.07, 6.45) is 5.66. The van der Waals surface area contributed by atoms with Gasteiger partial charge < -0.3 is 15.7 Å². The second kappa shape index (κ2) is 7.61. The third-order valence-electron chi connectivity index (χ3n) is 3.75. The normalized spacial score (nSPS) is 22.4. The summed E-state index contributed by atoms with van der Waals surface area (Å²) in [7, 11) is 0. The molecule has 2 atom stereocenters. The van der Waals surface area contributed by atoms with Crippen LogP contribution in [0.5, 0.6) is 0 Å². The van der Waals surface area contributed by atoms with Gasteiger partial charge in [0.1, 0.15) is 5.82 Å². The molecule has 0 aromatic carbocycles. The summed E-state index contributed by atoms with van der Waals surface area (Å²) in [5.41, 5.74) is 0.388. The second-order valence-electron chi connectivity index (χ2n) is 5.37. The zero-order chi connectivity index (χ0) is 15.2. The highest BCUT2D eigenvalue weighted by Crippen LogP contribution is 2.21. The molecule has 2 rings (SSSR count). The van der Waals surface area contributed by atoms with Crippen molar-refractivity contribution in [1.82, 2.24) is 10.3 Å². The maximum Gasteiger partial charge on any atom is 0.253 e. The Balaban J connectivity index is 2.10. The number of anilines is 1. The number of halogens is 1. The second-order valence-corrected chi connectivity index (χ2v) is 5.77. The van der Waals surface area contributed by atoms with Crippen LogP contribution in [0.15, 0.2) is 12.3 Å². The molecule has 1 heterocycles. The summed E-state index contributed by atoms with van der Waals surface area (Å²) in [5, 5.41) is 16.4. The van der Waals surface area contributed by atoms with Gasteiger partial charge in [-0.2, -0.15) is 0 Å². The van der Waals surface area contributed by atoms with Gasteiger partial charge in [0, 0.05) is 12.7 Å². The fourth-order valence-corrected chi connectivity index (χ4v) is 2.78. The first-order chi connectivity index (χ1) is 10.1. The third-order valence-corrected chi connectivity index (χ3v) is 4.06. The van der Waals surface area contributed by atoms with Crippen molar-refractivity contribution in [3.8, 4) is 0 Å².